The fourth-order valence-electron chi connectivity index (χ4n) is 5.47. The minimum Gasteiger partial charge on any atom is -0.341 e. The Morgan fingerprint density at radius 3 is 2.48 bits per heavy atom. The summed E-state index contributed by atoms with van der Waals surface area (Å²) in [5.41, 5.74) is -0.573. The maximum Gasteiger partial charge on any atom is 0.243 e. The number of carbonyl (C=O) groups excluding carboxylic acids is 2. The van der Waals surface area contributed by atoms with Crippen molar-refractivity contribution in [3.8, 4) is 0 Å². The predicted octanol–water partition coefficient (Wildman–Crippen LogP) is 3.48. The van der Waals surface area contributed by atoms with Crippen LogP contribution in [0.15, 0.2) is 4.52 Å². The molecule has 2 heterocycles. The van der Waals surface area contributed by atoms with E-state index in [0.717, 1.165) is 57.8 Å². The van der Waals surface area contributed by atoms with E-state index in [1.165, 1.54) is 25.7 Å². The van der Waals surface area contributed by atoms with Gasteiger partial charge in [0.2, 0.25) is 17.7 Å². The number of nitrogens with one attached hydrogen (secondary N) is 1. The molecule has 1 saturated heterocycles. The number of amides is 2. The van der Waals surface area contributed by atoms with Crippen molar-refractivity contribution in [2.24, 2.45) is 5.92 Å². The molecule has 4 rings (SSSR count). The minimum atomic E-state index is -0.573. The van der Waals surface area contributed by atoms with Crippen LogP contribution in [-0.4, -0.2) is 39.4 Å². The third kappa shape index (κ3) is 4.48. The maximum absolute atomic E-state index is 13.2. The Balaban J connectivity index is 1.53. The largest absolute Gasteiger partial charge is 0.341 e. The van der Waals surface area contributed by atoms with E-state index >= 15 is 0 Å². The molecule has 7 nitrogen and oxygen atoms in total. The SMILES string of the molecule is CC(=O)N1CCC[C@@H]1C(=O)NC1(c2noc(CC3CCCC3)n2)CCCCCC1. The average molecular weight is 403 g/mol. The highest BCUT2D eigenvalue weighted by atomic mass is 16.5. The fraction of sp³-hybridized carbons (Fsp3) is 0.818. The lowest BCUT2D eigenvalue weighted by molar-refractivity contribution is -0.138. The van der Waals surface area contributed by atoms with Gasteiger partial charge in [-0.3, -0.25) is 9.59 Å². The van der Waals surface area contributed by atoms with E-state index < -0.39 is 5.54 Å². The van der Waals surface area contributed by atoms with Crippen molar-refractivity contribution < 1.29 is 14.1 Å². The number of rotatable bonds is 5. The summed E-state index contributed by atoms with van der Waals surface area (Å²) in [7, 11) is 0. The summed E-state index contributed by atoms with van der Waals surface area (Å²) in [6.07, 6.45) is 13.5. The molecule has 1 aromatic heterocycles. The van der Waals surface area contributed by atoms with E-state index in [9.17, 15) is 9.59 Å². The number of aromatic nitrogens is 2. The zero-order chi connectivity index (χ0) is 20.3. The first kappa shape index (κ1) is 20.4. The Kier molecular flexibility index (Phi) is 6.20. The summed E-state index contributed by atoms with van der Waals surface area (Å²) in [6.45, 7) is 2.20. The Bertz CT molecular complexity index is 717. The van der Waals surface area contributed by atoms with Gasteiger partial charge >= 0.3 is 0 Å². The zero-order valence-electron chi connectivity index (χ0n) is 17.6. The summed E-state index contributed by atoms with van der Waals surface area (Å²) < 4.78 is 5.64. The molecule has 2 amide bonds. The van der Waals surface area contributed by atoms with Gasteiger partial charge in [-0.05, 0) is 44.4 Å². The van der Waals surface area contributed by atoms with Crippen LogP contribution in [0.25, 0.3) is 0 Å². The van der Waals surface area contributed by atoms with Gasteiger partial charge in [0.25, 0.3) is 0 Å². The molecule has 0 unspecified atom stereocenters. The Morgan fingerprint density at radius 1 is 1.07 bits per heavy atom. The quantitative estimate of drug-likeness (QED) is 0.762. The van der Waals surface area contributed by atoms with Crippen molar-refractivity contribution >= 4 is 11.8 Å². The van der Waals surface area contributed by atoms with Crippen LogP contribution in [0.3, 0.4) is 0 Å². The number of hydrogen-bond acceptors (Lipinski definition) is 5. The van der Waals surface area contributed by atoms with Crippen molar-refractivity contribution in [2.75, 3.05) is 6.54 Å². The van der Waals surface area contributed by atoms with Gasteiger partial charge in [-0.25, -0.2) is 0 Å². The molecule has 0 bridgehead atoms. The van der Waals surface area contributed by atoms with Gasteiger partial charge in [-0.15, -0.1) is 0 Å². The zero-order valence-corrected chi connectivity index (χ0v) is 17.6. The monoisotopic (exact) mass is 402 g/mol. The molecule has 2 aliphatic carbocycles. The second-order valence-electron chi connectivity index (χ2n) is 9.22. The predicted molar refractivity (Wildman–Crippen MR) is 108 cm³/mol. The summed E-state index contributed by atoms with van der Waals surface area (Å²) >= 11 is 0. The molecule has 1 N–H and O–H groups in total. The second kappa shape index (κ2) is 8.84. The van der Waals surface area contributed by atoms with Gasteiger partial charge in [-0.2, -0.15) is 4.98 Å². The molecule has 29 heavy (non-hydrogen) atoms. The van der Waals surface area contributed by atoms with E-state index in [1.807, 2.05) is 0 Å². The summed E-state index contributed by atoms with van der Waals surface area (Å²) in [5.74, 6) is 1.88. The first-order chi connectivity index (χ1) is 14.1. The highest BCUT2D eigenvalue weighted by Crippen LogP contribution is 2.36. The summed E-state index contributed by atoms with van der Waals surface area (Å²) in [6, 6.07) is -0.377. The van der Waals surface area contributed by atoms with Crippen LogP contribution < -0.4 is 5.32 Å². The molecule has 0 radical (unpaired) electrons. The van der Waals surface area contributed by atoms with Crippen LogP contribution in [0.5, 0.6) is 0 Å². The van der Waals surface area contributed by atoms with Crippen molar-refractivity contribution in [3.05, 3.63) is 11.7 Å². The number of hydrogen-bond donors (Lipinski definition) is 1. The Labute approximate surface area is 173 Å². The van der Waals surface area contributed by atoms with Crippen molar-refractivity contribution in [1.29, 1.82) is 0 Å². The van der Waals surface area contributed by atoms with Gasteiger partial charge in [0.05, 0.1) is 0 Å². The molecular weight excluding hydrogens is 368 g/mol. The maximum atomic E-state index is 13.2. The van der Waals surface area contributed by atoms with Crippen LogP contribution in [0, 0.1) is 5.92 Å². The molecule has 0 spiro atoms. The lowest BCUT2D eigenvalue weighted by Crippen LogP contribution is -2.53. The van der Waals surface area contributed by atoms with E-state index in [0.29, 0.717) is 24.2 Å². The standard InChI is InChI=1S/C22H34N4O3/c1-16(27)26-14-8-11-18(26)20(28)24-22(12-6-2-3-7-13-22)21-23-19(29-25-21)15-17-9-4-5-10-17/h17-18H,2-15H2,1H3,(H,24,28)/t18-/m1/s1. The van der Waals surface area contributed by atoms with Crippen molar-refractivity contribution in [2.45, 2.75) is 102 Å². The molecule has 1 aromatic rings. The number of carbonyl (C=O) groups is 2. The molecule has 7 heteroatoms. The van der Waals surface area contributed by atoms with Gasteiger partial charge in [0, 0.05) is 19.9 Å². The van der Waals surface area contributed by atoms with Crippen molar-refractivity contribution in [1.82, 2.24) is 20.4 Å². The van der Waals surface area contributed by atoms with Crippen molar-refractivity contribution in [3.63, 3.8) is 0 Å². The molecular formula is C22H34N4O3. The average Bonchev–Trinajstić information content (AvgIpc) is 3.44. The third-order valence-electron chi connectivity index (χ3n) is 7.11. The van der Waals surface area contributed by atoms with Crippen LogP contribution in [0.1, 0.15) is 95.7 Å². The lowest BCUT2D eigenvalue weighted by Gasteiger charge is -2.33. The van der Waals surface area contributed by atoms with Gasteiger partial charge < -0.3 is 14.7 Å². The van der Waals surface area contributed by atoms with E-state index in [2.05, 4.69) is 10.5 Å². The molecule has 3 aliphatic rings. The van der Waals surface area contributed by atoms with E-state index in [-0.39, 0.29) is 17.9 Å². The fourth-order valence-corrected chi connectivity index (χ4v) is 5.47. The molecule has 1 atom stereocenters. The van der Waals surface area contributed by atoms with Gasteiger partial charge in [0.15, 0.2) is 5.82 Å². The summed E-state index contributed by atoms with van der Waals surface area (Å²) in [4.78, 5) is 31.6. The highest BCUT2D eigenvalue weighted by Gasteiger charge is 2.42. The smallest absolute Gasteiger partial charge is 0.243 e. The molecule has 3 fully saturated rings. The van der Waals surface area contributed by atoms with Crippen LogP contribution >= 0.6 is 0 Å². The summed E-state index contributed by atoms with van der Waals surface area (Å²) in [5, 5.41) is 7.65. The molecule has 160 valence electrons. The van der Waals surface area contributed by atoms with E-state index in [1.54, 1.807) is 11.8 Å². The third-order valence-corrected chi connectivity index (χ3v) is 7.11. The topological polar surface area (TPSA) is 88.3 Å². The highest BCUT2D eigenvalue weighted by molar-refractivity contribution is 5.88. The molecule has 1 aliphatic heterocycles. The minimum absolute atomic E-state index is 0.0315. The van der Waals surface area contributed by atoms with Crippen LogP contribution in [-0.2, 0) is 21.5 Å². The second-order valence-corrected chi connectivity index (χ2v) is 9.22. The van der Waals surface area contributed by atoms with Crippen LogP contribution in [0.4, 0.5) is 0 Å². The molecule has 0 aromatic carbocycles. The van der Waals surface area contributed by atoms with Gasteiger partial charge in [-0.1, -0.05) is 43.7 Å². The number of likely N-dealkylation sites (tertiary alicyclic amines) is 1. The Hall–Kier alpha value is -1.92. The normalized spacial score (nSPS) is 25.1. The number of nitrogens with zero attached hydrogens (tertiary/aromatic N) is 3. The lowest BCUT2D eigenvalue weighted by atomic mass is 9.88. The van der Waals surface area contributed by atoms with Gasteiger partial charge in [0.1, 0.15) is 11.6 Å². The first-order valence-electron chi connectivity index (χ1n) is 11.5. The van der Waals surface area contributed by atoms with Crippen LogP contribution in [0.2, 0.25) is 0 Å². The van der Waals surface area contributed by atoms with E-state index in [4.69, 9.17) is 9.51 Å². The Morgan fingerprint density at radius 2 is 1.79 bits per heavy atom. The molecule has 2 saturated carbocycles. The first-order valence-corrected chi connectivity index (χ1v) is 11.5.